The van der Waals surface area contributed by atoms with Gasteiger partial charge >= 0.3 is 0 Å². The van der Waals surface area contributed by atoms with Crippen LogP contribution < -0.4 is 0 Å². The molecule has 19 heavy (non-hydrogen) atoms. The minimum atomic E-state index is -0.425. The summed E-state index contributed by atoms with van der Waals surface area (Å²) < 4.78 is 4.91. The van der Waals surface area contributed by atoms with Gasteiger partial charge in [0, 0.05) is 25.5 Å². The minimum absolute atomic E-state index is 0.0726. The van der Waals surface area contributed by atoms with E-state index in [0.29, 0.717) is 6.61 Å². The van der Waals surface area contributed by atoms with Crippen molar-refractivity contribution in [2.75, 3.05) is 13.7 Å². The highest BCUT2D eigenvalue weighted by Crippen LogP contribution is 2.11. The fraction of sp³-hybridized carbons (Fsp3) is 0.214. The van der Waals surface area contributed by atoms with Crippen molar-refractivity contribution >= 4 is 11.9 Å². The molecule has 100 valence electrons. The lowest BCUT2D eigenvalue weighted by Gasteiger charge is -1.95. The Hall–Kier alpha value is -2.27. The molecular weight excluding hydrogens is 244 g/mol. The number of hydrogen-bond donors (Lipinski definition) is 0. The summed E-state index contributed by atoms with van der Waals surface area (Å²) in [5.41, 5.74) is 1.68. The molecule has 0 saturated carbocycles. The smallest absolute Gasteiger partial charge is 0.269 e. The van der Waals surface area contributed by atoms with E-state index in [4.69, 9.17) is 4.74 Å². The van der Waals surface area contributed by atoms with Gasteiger partial charge in [0.05, 0.1) is 17.2 Å². The number of hydrogen-bond acceptors (Lipinski definition) is 4. The van der Waals surface area contributed by atoms with Crippen LogP contribution in [0.3, 0.4) is 0 Å². The summed E-state index contributed by atoms with van der Waals surface area (Å²) >= 11 is 0. The second kappa shape index (κ2) is 7.94. The lowest BCUT2D eigenvalue weighted by atomic mass is 10.2. The molecule has 1 rings (SSSR count). The fourth-order valence-corrected chi connectivity index (χ4v) is 1.31. The van der Waals surface area contributed by atoms with Crippen LogP contribution in [-0.4, -0.2) is 24.9 Å². The van der Waals surface area contributed by atoms with Gasteiger partial charge < -0.3 is 4.74 Å². The molecule has 5 nitrogen and oxygen atoms in total. The quantitative estimate of drug-likeness (QED) is 0.341. The molecule has 1 aromatic carbocycles. The van der Waals surface area contributed by atoms with Gasteiger partial charge in [-0.05, 0) is 30.7 Å². The Morgan fingerprint density at radius 1 is 1.42 bits per heavy atom. The van der Waals surface area contributed by atoms with E-state index in [0.717, 1.165) is 11.3 Å². The van der Waals surface area contributed by atoms with Crippen LogP contribution >= 0.6 is 0 Å². The Labute approximate surface area is 112 Å². The SMILES string of the molecule is C/C=C(\C=C/COC)N=Cc1ccc([N+](=O)[O-])cc1. The zero-order valence-electron chi connectivity index (χ0n) is 10.9. The van der Waals surface area contributed by atoms with Gasteiger partial charge in [-0.1, -0.05) is 12.2 Å². The van der Waals surface area contributed by atoms with Crippen molar-refractivity contribution < 1.29 is 9.66 Å². The van der Waals surface area contributed by atoms with Crippen molar-refractivity contribution in [3.05, 3.63) is 63.9 Å². The first kappa shape index (κ1) is 14.8. The first-order valence-corrected chi connectivity index (χ1v) is 5.77. The highest BCUT2D eigenvalue weighted by atomic mass is 16.6. The summed E-state index contributed by atoms with van der Waals surface area (Å²) in [7, 11) is 1.62. The average molecular weight is 260 g/mol. The van der Waals surface area contributed by atoms with E-state index in [1.54, 1.807) is 25.5 Å². The summed E-state index contributed by atoms with van der Waals surface area (Å²) in [6, 6.07) is 6.23. The van der Waals surface area contributed by atoms with Crippen LogP contribution in [0.15, 0.2) is 53.2 Å². The number of ether oxygens (including phenoxy) is 1. The predicted molar refractivity (Wildman–Crippen MR) is 75.5 cm³/mol. The molecule has 5 heteroatoms. The molecule has 0 aliphatic rings. The molecule has 1 aromatic rings. The van der Waals surface area contributed by atoms with E-state index in [-0.39, 0.29) is 5.69 Å². The Morgan fingerprint density at radius 2 is 2.11 bits per heavy atom. The Morgan fingerprint density at radius 3 is 2.63 bits per heavy atom. The maximum atomic E-state index is 10.5. The lowest BCUT2D eigenvalue weighted by Crippen LogP contribution is -1.88. The van der Waals surface area contributed by atoms with Gasteiger partial charge in [0.2, 0.25) is 0 Å². The van der Waals surface area contributed by atoms with Crippen molar-refractivity contribution in [2.45, 2.75) is 6.92 Å². The predicted octanol–water partition coefficient (Wildman–Crippen LogP) is 3.12. The van der Waals surface area contributed by atoms with Gasteiger partial charge in [0.15, 0.2) is 0 Å². The second-order valence-corrected chi connectivity index (χ2v) is 3.68. The van der Waals surface area contributed by atoms with Gasteiger partial charge in [-0.15, -0.1) is 0 Å². The van der Waals surface area contributed by atoms with Crippen LogP contribution in [0, 0.1) is 10.1 Å². The number of methoxy groups -OCH3 is 1. The van der Waals surface area contributed by atoms with Crippen molar-refractivity contribution in [3.8, 4) is 0 Å². The van der Waals surface area contributed by atoms with Gasteiger partial charge in [-0.25, -0.2) is 0 Å². The van der Waals surface area contributed by atoms with Gasteiger partial charge in [0.1, 0.15) is 0 Å². The number of aliphatic imine (C=N–C) groups is 1. The zero-order valence-corrected chi connectivity index (χ0v) is 10.9. The van der Waals surface area contributed by atoms with Crippen molar-refractivity contribution in [3.63, 3.8) is 0 Å². The lowest BCUT2D eigenvalue weighted by molar-refractivity contribution is -0.384. The third kappa shape index (κ3) is 5.27. The monoisotopic (exact) mass is 260 g/mol. The summed E-state index contributed by atoms with van der Waals surface area (Å²) in [5.74, 6) is 0. The first-order chi connectivity index (χ1) is 9.17. The fourth-order valence-electron chi connectivity index (χ4n) is 1.31. The molecule has 0 atom stereocenters. The number of benzene rings is 1. The number of nitro benzene ring substituents is 1. The summed E-state index contributed by atoms with van der Waals surface area (Å²) in [4.78, 5) is 14.4. The number of nitrogens with zero attached hydrogens (tertiary/aromatic N) is 2. The maximum absolute atomic E-state index is 10.5. The van der Waals surface area contributed by atoms with Crippen LogP contribution in [-0.2, 0) is 4.74 Å². The normalized spacial score (nSPS) is 12.4. The highest BCUT2D eigenvalue weighted by Gasteiger charge is 2.02. The van der Waals surface area contributed by atoms with E-state index >= 15 is 0 Å². The van der Waals surface area contributed by atoms with Crippen LogP contribution in [0.5, 0.6) is 0 Å². The number of nitro groups is 1. The Bertz CT molecular complexity index is 502. The Balaban J connectivity index is 2.72. The third-order valence-corrected chi connectivity index (χ3v) is 2.31. The van der Waals surface area contributed by atoms with E-state index in [1.807, 2.05) is 25.2 Å². The van der Waals surface area contributed by atoms with Crippen LogP contribution in [0.1, 0.15) is 12.5 Å². The standard InChI is InChI=1S/C14H16N2O3/c1-3-13(5-4-10-19-2)15-11-12-6-8-14(9-7-12)16(17)18/h3-9,11H,10H2,1-2H3/b5-4-,13-3+,15-11?. The maximum Gasteiger partial charge on any atom is 0.269 e. The molecule has 0 radical (unpaired) electrons. The zero-order chi connectivity index (χ0) is 14.1. The first-order valence-electron chi connectivity index (χ1n) is 5.77. The van der Waals surface area contributed by atoms with Gasteiger partial charge in [-0.2, -0.15) is 0 Å². The van der Waals surface area contributed by atoms with Gasteiger partial charge in [-0.3, -0.25) is 15.1 Å². The minimum Gasteiger partial charge on any atom is -0.381 e. The highest BCUT2D eigenvalue weighted by molar-refractivity contribution is 5.81. The van der Waals surface area contributed by atoms with E-state index in [9.17, 15) is 10.1 Å². The summed E-state index contributed by atoms with van der Waals surface area (Å²) in [6.07, 6.45) is 7.25. The third-order valence-electron chi connectivity index (χ3n) is 2.31. The summed E-state index contributed by atoms with van der Waals surface area (Å²) in [5, 5.41) is 10.5. The molecule has 0 aromatic heterocycles. The number of allylic oxidation sites excluding steroid dienone is 2. The molecule has 0 fully saturated rings. The molecule has 0 bridgehead atoms. The van der Waals surface area contributed by atoms with E-state index in [1.165, 1.54) is 12.1 Å². The van der Waals surface area contributed by atoms with Crippen LogP contribution in [0.4, 0.5) is 5.69 Å². The Kier molecular flexibility index (Phi) is 6.18. The molecule has 0 heterocycles. The molecule has 0 saturated heterocycles. The van der Waals surface area contributed by atoms with Crippen molar-refractivity contribution in [2.24, 2.45) is 4.99 Å². The number of rotatable bonds is 6. The largest absolute Gasteiger partial charge is 0.381 e. The topological polar surface area (TPSA) is 64.7 Å². The molecule has 0 spiro atoms. The van der Waals surface area contributed by atoms with Crippen LogP contribution in [0.25, 0.3) is 0 Å². The second-order valence-electron chi connectivity index (χ2n) is 3.68. The molecule has 0 amide bonds. The van der Waals surface area contributed by atoms with Crippen LogP contribution in [0.2, 0.25) is 0 Å². The molecule has 0 aliphatic heterocycles. The van der Waals surface area contributed by atoms with E-state index < -0.39 is 4.92 Å². The van der Waals surface area contributed by atoms with E-state index in [2.05, 4.69) is 4.99 Å². The van der Waals surface area contributed by atoms with Crippen molar-refractivity contribution in [1.29, 1.82) is 0 Å². The molecule has 0 unspecified atom stereocenters. The molecule has 0 N–H and O–H groups in total. The van der Waals surface area contributed by atoms with Crippen molar-refractivity contribution in [1.82, 2.24) is 0 Å². The summed E-state index contributed by atoms with van der Waals surface area (Å²) in [6.45, 7) is 2.42. The van der Waals surface area contributed by atoms with Gasteiger partial charge in [0.25, 0.3) is 5.69 Å². The molecule has 0 aliphatic carbocycles. The molecular formula is C14H16N2O3. The number of non-ortho nitro benzene ring substituents is 1. The average Bonchev–Trinajstić information content (AvgIpc) is 2.43.